The Hall–Kier alpha value is -2.99. The Labute approximate surface area is 148 Å². The Morgan fingerprint density at radius 1 is 1.20 bits per heavy atom. The predicted molar refractivity (Wildman–Crippen MR) is 95.4 cm³/mol. The first-order chi connectivity index (χ1) is 12.0. The quantitative estimate of drug-likeness (QED) is 0.754. The minimum atomic E-state index is -0.539. The maximum Gasteiger partial charge on any atom is 0.277 e. The van der Waals surface area contributed by atoms with Crippen LogP contribution in [-0.4, -0.2) is 21.1 Å². The second-order valence-electron chi connectivity index (χ2n) is 5.49. The summed E-state index contributed by atoms with van der Waals surface area (Å²) in [6, 6.07) is 10.4. The van der Waals surface area contributed by atoms with Crippen molar-refractivity contribution < 1.29 is 4.79 Å². The molecule has 3 aromatic rings. The van der Waals surface area contributed by atoms with Crippen molar-refractivity contribution in [3.8, 4) is 11.3 Å². The first kappa shape index (κ1) is 16.9. The van der Waals surface area contributed by atoms with E-state index in [9.17, 15) is 9.59 Å². The third-order valence-electron chi connectivity index (χ3n) is 3.77. The summed E-state index contributed by atoms with van der Waals surface area (Å²) < 4.78 is 0. The zero-order chi connectivity index (χ0) is 17.8. The standard InChI is InChI=1S/C18H15ClN4O2/c1-11-8-14(19)3-2-13(11)10-21-17(24)15-9-16(22-23-18(15)25)12-4-6-20-7-5-12/h2-9H,10H2,1H3,(H,21,24)(H,23,25). The highest BCUT2D eigenvalue weighted by Crippen LogP contribution is 2.16. The van der Waals surface area contributed by atoms with Gasteiger partial charge < -0.3 is 5.32 Å². The molecule has 2 aromatic heterocycles. The van der Waals surface area contributed by atoms with Gasteiger partial charge in [-0.3, -0.25) is 14.6 Å². The number of carbonyl (C=O) groups is 1. The summed E-state index contributed by atoms with van der Waals surface area (Å²) >= 11 is 5.93. The van der Waals surface area contributed by atoms with E-state index in [0.29, 0.717) is 17.3 Å². The van der Waals surface area contributed by atoms with Crippen molar-refractivity contribution in [2.75, 3.05) is 0 Å². The summed E-state index contributed by atoms with van der Waals surface area (Å²) in [5, 5.41) is 9.73. The molecule has 1 aromatic carbocycles. The topological polar surface area (TPSA) is 87.7 Å². The lowest BCUT2D eigenvalue weighted by Crippen LogP contribution is -2.30. The summed E-state index contributed by atoms with van der Waals surface area (Å²) in [4.78, 5) is 28.3. The van der Waals surface area contributed by atoms with E-state index in [1.165, 1.54) is 6.07 Å². The molecule has 25 heavy (non-hydrogen) atoms. The van der Waals surface area contributed by atoms with Gasteiger partial charge in [0.2, 0.25) is 0 Å². The van der Waals surface area contributed by atoms with Gasteiger partial charge in [0.25, 0.3) is 11.5 Å². The van der Waals surface area contributed by atoms with Gasteiger partial charge >= 0.3 is 0 Å². The zero-order valence-electron chi connectivity index (χ0n) is 13.4. The van der Waals surface area contributed by atoms with Crippen LogP contribution in [0.5, 0.6) is 0 Å². The molecule has 0 spiro atoms. The molecular weight excluding hydrogens is 340 g/mol. The number of aromatic nitrogens is 3. The molecule has 0 aliphatic heterocycles. The van der Waals surface area contributed by atoms with E-state index in [2.05, 4.69) is 20.5 Å². The van der Waals surface area contributed by atoms with E-state index in [1.807, 2.05) is 19.1 Å². The third-order valence-corrected chi connectivity index (χ3v) is 4.00. The van der Waals surface area contributed by atoms with Gasteiger partial charge in [-0.25, -0.2) is 5.10 Å². The summed E-state index contributed by atoms with van der Waals surface area (Å²) in [6.07, 6.45) is 3.23. The molecule has 0 saturated heterocycles. The molecule has 2 heterocycles. The van der Waals surface area contributed by atoms with Crippen molar-refractivity contribution in [1.82, 2.24) is 20.5 Å². The summed E-state index contributed by atoms with van der Waals surface area (Å²) in [7, 11) is 0. The van der Waals surface area contributed by atoms with E-state index in [1.54, 1.807) is 30.6 Å². The summed E-state index contributed by atoms with van der Waals surface area (Å²) in [5.74, 6) is -0.465. The number of amides is 1. The maximum absolute atomic E-state index is 12.4. The lowest BCUT2D eigenvalue weighted by atomic mass is 10.1. The van der Waals surface area contributed by atoms with Crippen LogP contribution in [0.25, 0.3) is 11.3 Å². The third kappa shape index (κ3) is 3.92. The van der Waals surface area contributed by atoms with Gasteiger partial charge in [-0.05, 0) is 48.4 Å². The molecule has 126 valence electrons. The highest BCUT2D eigenvalue weighted by molar-refractivity contribution is 6.30. The molecule has 3 rings (SSSR count). The van der Waals surface area contributed by atoms with Crippen molar-refractivity contribution in [3.63, 3.8) is 0 Å². The number of hydrogen-bond donors (Lipinski definition) is 2. The molecular formula is C18H15ClN4O2. The summed E-state index contributed by atoms with van der Waals surface area (Å²) in [5.41, 5.74) is 2.62. The fraction of sp³-hybridized carbons (Fsp3) is 0.111. The van der Waals surface area contributed by atoms with Crippen molar-refractivity contribution in [3.05, 3.63) is 80.9 Å². The number of halogens is 1. The van der Waals surface area contributed by atoms with Gasteiger partial charge in [0.15, 0.2) is 0 Å². The molecule has 0 saturated carbocycles. The number of rotatable bonds is 4. The molecule has 6 nitrogen and oxygen atoms in total. The van der Waals surface area contributed by atoms with Crippen LogP contribution in [0, 0.1) is 6.92 Å². The largest absolute Gasteiger partial charge is 0.348 e. The molecule has 0 aliphatic rings. The number of hydrogen-bond acceptors (Lipinski definition) is 4. The first-order valence-electron chi connectivity index (χ1n) is 7.58. The SMILES string of the molecule is Cc1cc(Cl)ccc1CNC(=O)c1cc(-c2ccncc2)n[nH]c1=O. The molecule has 0 aliphatic carbocycles. The van der Waals surface area contributed by atoms with Crippen LogP contribution in [0.3, 0.4) is 0 Å². The monoisotopic (exact) mass is 354 g/mol. The number of carbonyl (C=O) groups excluding carboxylic acids is 1. The van der Waals surface area contributed by atoms with Crippen LogP contribution < -0.4 is 10.9 Å². The van der Waals surface area contributed by atoms with E-state index in [0.717, 1.165) is 16.7 Å². The number of pyridine rings is 1. The van der Waals surface area contributed by atoms with Gasteiger partial charge in [0, 0.05) is 29.5 Å². The molecule has 2 N–H and O–H groups in total. The van der Waals surface area contributed by atoms with Crippen molar-refractivity contribution in [2.45, 2.75) is 13.5 Å². The van der Waals surface area contributed by atoms with Crippen LogP contribution >= 0.6 is 11.6 Å². The second kappa shape index (κ2) is 7.27. The van der Waals surface area contributed by atoms with Crippen LogP contribution in [-0.2, 0) is 6.54 Å². The molecule has 0 bridgehead atoms. The fourth-order valence-corrected chi connectivity index (χ4v) is 2.60. The van der Waals surface area contributed by atoms with E-state index < -0.39 is 11.5 Å². The van der Waals surface area contributed by atoms with Gasteiger partial charge in [0.1, 0.15) is 5.56 Å². The highest BCUT2D eigenvalue weighted by Gasteiger charge is 2.13. The van der Waals surface area contributed by atoms with E-state index >= 15 is 0 Å². The second-order valence-corrected chi connectivity index (χ2v) is 5.92. The van der Waals surface area contributed by atoms with Crippen LogP contribution in [0.15, 0.2) is 53.6 Å². The normalized spacial score (nSPS) is 10.5. The zero-order valence-corrected chi connectivity index (χ0v) is 14.2. The van der Waals surface area contributed by atoms with Gasteiger partial charge in [-0.15, -0.1) is 0 Å². The number of H-pyrrole nitrogens is 1. The lowest BCUT2D eigenvalue weighted by molar-refractivity contribution is 0.0949. The van der Waals surface area contributed by atoms with Crippen molar-refractivity contribution >= 4 is 17.5 Å². The molecule has 7 heteroatoms. The summed E-state index contributed by atoms with van der Waals surface area (Å²) in [6.45, 7) is 2.21. The Bertz CT molecular complexity index is 970. The van der Waals surface area contributed by atoms with Gasteiger partial charge in [-0.2, -0.15) is 5.10 Å². The minimum Gasteiger partial charge on any atom is -0.348 e. The number of nitrogens with zero attached hydrogens (tertiary/aromatic N) is 2. The van der Waals surface area contributed by atoms with Crippen LogP contribution in [0.1, 0.15) is 21.5 Å². The predicted octanol–water partition coefficient (Wildman–Crippen LogP) is 2.72. The van der Waals surface area contributed by atoms with Crippen molar-refractivity contribution in [1.29, 1.82) is 0 Å². The average Bonchev–Trinajstić information content (AvgIpc) is 2.62. The number of benzene rings is 1. The first-order valence-corrected chi connectivity index (χ1v) is 7.96. The lowest BCUT2D eigenvalue weighted by Gasteiger charge is -2.09. The molecule has 0 fully saturated rings. The average molecular weight is 355 g/mol. The van der Waals surface area contributed by atoms with E-state index in [-0.39, 0.29) is 5.56 Å². The molecule has 1 amide bonds. The maximum atomic E-state index is 12.4. The minimum absolute atomic E-state index is 0.00780. The Morgan fingerprint density at radius 2 is 1.96 bits per heavy atom. The van der Waals surface area contributed by atoms with Crippen molar-refractivity contribution in [2.24, 2.45) is 0 Å². The number of nitrogens with one attached hydrogen (secondary N) is 2. The fourth-order valence-electron chi connectivity index (χ4n) is 2.37. The number of aryl methyl sites for hydroxylation is 1. The van der Waals surface area contributed by atoms with Gasteiger partial charge in [-0.1, -0.05) is 17.7 Å². The smallest absolute Gasteiger partial charge is 0.277 e. The Morgan fingerprint density at radius 3 is 2.68 bits per heavy atom. The highest BCUT2D eigenvalue weighted by atomic mass is 35.5. The van der Waals surface area contributed by atoms with Crippen LogP contribution in [0.4, 0.5) is 0 Å². The number of aromatic amines is 1. The van der Waals surface area contributed by atoms with Crippen LogP contribution in [0.2, 0.25) is 5.02 Å². The molecule has 0 atom stereocenters. The Kier molecular flexibility index (Phi) is 4.90. The van der Waals surface area contributed by atoms with Gasteiger partial charge in [0.05, 0.1) is 5.69 Å². The molecule has 0 unspecified atom stereocenters. The van der Waals surface area contributed by atoms with E-state index in [4.69, 9.17) is 11.6 Å². The molecule has 0 radical (unpaired) electrons. The Balaban J connectivity index is 1.81.